The minimum absolute atomic E-state index is 0.217. The van der Waals surface area contributed by atoms with Gasteiger partial charge < -0.3 is 11.1 Å². The van der Waals surface area contributed by atoms with Crippen LogP contribution in [0.15, 0.2) is 18.2 Å². The maximum Gasteiger partial charge on any atom is 0.146 e. The normalized spacial score (nSPS) is 10.8. The third-order valence-electron chi connectivity index (χ3n) is 3.10. The first-order chi connectivity index (χ1) is 8.74. The highest BCUT2D eigenvalue weighted by atomic mass is 19.1. The van der Waals surface area contributed by atoms with Crippen molar-refractivity contribution < 1.29 is 4.39 Å². The van der Waals surface area contributed by atoms with Gasteiger partial charge in [-0.15, -0.1) is 0 Å². The zero-order valence-corrected chi connectivity index (χ0v) is 11.3. The summed E-state index contributed by atoms with van der Waals surface area (Å²) in [5.74, 6) is -0.325. The van der Waals surface area contributed by atoms with Gasteiger partial charge in [0.15, 0.2) is 0 Å². The standard InChI is InChI=1S/C15H25FN2/c1-2-3-4-5-6-7-10-18-12-13-8-9-15(17)14(16)11-13/h8-9,11,18H,2-7,10,12,17H2,1H3. The van der Waals surface area contributed by atoms with Crippen LogP contribution in [0.2, 0.25) is 0 Å². The molecule has 102 valence electrons. The summed E-state index contributed by atoms with van der Waals surface area (Å²) in [5.41, 5.74) is 6.60. The van der Waals surface area contributed by atoms with Crippen molar-refractivity contribution in [2.75, 3.05) is 12.3 Å². The lowest BCUT2D eigenvalue weighted by Gasteiger charge is -2.06. The van der Waals surface area contributed by atoms with Crippen molar-refractivity contribution in [2.45, 2.75) is 52.0 Å². The SMILES string of the molecule is CCCCCCCCNCc1ccc(N)c(F)c1. The number of rotatable bonds is 9. The third kappa shape index (κ3) is 6.01. The Hall–Kier alpha value is -1.09. The van der Waals surface area contributed by atoms with Gasteiger partial charge in [0, 0.05) is 6.54 Å². The maximum atomic E-state index is 13.2. The molecule has 0 unspecified atom stereocenters. The van der Waals surface area contributed by atoms with Crippen LogP contribution < -0.4 is 11.1 Å². The molecule has 0 fully saturated rings. The van der Waals surface area contributed by atoms with E-state index in [0.29, 0.717) is 6.54 Å². The average molecular weight is 252 g/mol. The first-order valence-corrected chi connectivity index (χ1v) is 6.98. The quantitative estimate of drug-likeness (QED) is 0.517. The van der Waals surface area contributed by atoms with Gasteiger partial charge in [-0.25, -0.2) is 4.39 Å². The molecule has 0 amide bonds. The van der Waals surface area contributed by atoms with Gasteiger partial charge in [0.05, 0.1) is 5.69 Å². The summed E-state index contributed by atoms with van der Waals surface area (Å²) in [7, 11) is 0. The van der Waals surface area contributed by atoms with Crippen LogP contribution in [0.4, 0.5) is 10.1 Å². The Morgan fingerprint density at radius 1 is 1.11 bits per heavy atom. The topological polar surface area (TPSA) is 38.0 Å². The van der Waals surface area contributed by atoms with Crippen LogP contribution in [0.5, 0.6) is 0 Å². The summed E-state index contributed by atoms with van der Waals surface area (Å²) in [4.78, 5) is 0. The van der Waals surface area contributed by atoms with Gasteiger partial charge in [-0.2, -0.15) is 0 Å². The number of benzene rings is 1. The number of nitrogens with one attached hydrogen (secondary N) is 1. The molecule has 0 aliphatic heterocycles. The molecule has 0 aromatic heterocycles. The van der Waals surface area contributed by atoms with Crippen LogP contribution in [0.25, 0.3) is 0 Å². The predicted octanol–water partition coefficient (Wildman–Crippen LogP) is 3.86. The number of anilines is 1. The zero-order chi connectivity index (χ0) is 13.2. The molecule has 2 nitrogen and oxygen atoms in total. The molecule has 0 heterocycles. The van der Waals surface area contributed by atoms with E-state index >= 15 is 0 Å². The van der Waals surface area contributed by atoms with E-state index in [2.05, 4.69) is 12.2 Å². The largest absolute Gasteiger partial charge is 0.396 e. The molecule has 0 aliphatic rings. The summed E-state index contributed by atoms with van der Waals surface area (Å²) in [5, 5.41) is 3.33. The van der Waals surface area contributed by atoms with Crippen LogP contribution in [0.1, 0.15) is 51.0 Å². The predicted molar refractivity (Wildman–Crippen MR) is 75.9 cm³/mol. The number of hydrogen-bond acceptors (Lipinski definition) is 2. The van der Waals surface area contributed by atoms with E-state index in [1.54, 1.807) is 6.07 Å². The van der Waals surface area contributed by atoms with Gasteiger partial charge in [-0.05, 0) is 30.7 Å². The molecule has 1 rings (SSSR count). The second-order valence-corrected chi connectivity index (χ2v) is 4.80. The Morgan fingerprint density at radius 2 is 1.83 bits per heavy atom. The summed E-state index contributed by atoms with van der Waals surface area (Å²) in [6.07, 6.45) is 7.79. The molecule has 0 radical (unpaired) electrons. The lowest BCUT2D eigenvalue weighted by atomic mass is 10.1. The van der Waals surface area contributed by atoms with E-state index in [9.17, 15) is 4.39 Å². The fourth-order valence-electron chi connectivity index (χ4n) is 1.94. The molecule has 3 heteroatoms. The second kappa shape index (κ2) is 8.92. The van der Waals surface area contributed by atoms with Crippen molar-refractivity contribution in [1.29, 1.82) is 0 Å². The van der Waals surface area contributed by atoms with Gasteiger partial charge in [-0.1, -0.05) is 45.1 Å². The molecule has 1 aromatic carbocycles. The Kier molecular flexibility index (Phi) is 7.42. The van der Waals surface area contributed by atoms with Gasteiger partial charge in [0.25, 0.3) is 0 Å². The second-order valence-electron chi connectivity index (χ2n) is 4.80. The number of halogens is 1. The van der Waals surface area contributed by atoms with Crippen molar-refractivity contribution in [2.24, 2.45) is 0 Å². The number of unbranched alkanes of at least 4 members (excludes halogenated alkanes) is 5. The fraction of sp³-hybridized carbons (Fsp3) is 0.600. The van der Waals surface area contributed by atoms with Gasteiger partial charge >= 0.3 is 0 Å². The van der Waals surface area contributed by atoms with Crippen LogP contribution in [-0.2, 0) is 6.54 Å². The van der Waals surface area contributed by atoms with Crippen LogP contribution in [-0.4, -0.2) is 6.54 Å². The van der Waals surface area contributed by atoms with Gasteiger partial charge in [0.2, 0.25) is 0 Å². The molecule has 3 N–H and O–H groups in total. The smallest absolute Gasteiger partial charge is 0.146 e. The number of nitrogen functional groups attached to an aromatic ring is 1. The molecule has 18 heavy (non-hydrogen) atoms. The molecule has 0 spiro atoms. The Morgan fingerprint density at radius 3 is 2.56 bits per heavy atom. The summed E-state index contributed by atoms with van der Waals surface area (Å²) in [6, 6.07) is 4.99. The first kappa shape index (κ1) is 15.0. The molecular weight excluding hydrogens is 227 g/mol. The van der Waals surface area contributed by atoms with Crippen molar-refractivity contribution in [1.82, 2.24) is 5.32 Å². The molecule has 1 aromatic rings. The van der Waals surface area contributed by atoms with Crippen molar-refractivity contribution >= 4 is 5.69 Å². The first-order valence-electron chi connectivity index (χ1n) is 6.98. The Labute approximate surface area is 110 Å². The summed E-state index contributed by atoms with van der Waals surface area (Å²) < 4.78 is 13.2. The van der Waals surface area contributed by atoms with Gasteiger partial charge in [-0.3, -0.25) is 0 Å². The van der Waals surface area contributed by atoms with Crippen LogP contribution in [0, 0.1) is 5.82 Å². The molecule has 0 atom stereocenters. The van der Waals surface area contributed by atoms with Crippen molar-refractivity contribution in [3.05, 3.63) is 29.6 Å². The fourth-order valence-corrected chi connectivity index (χ4v) is 1.94. The highest BCUT2D eigenvalue weighted by molar-refractivity contribution is 5.41. The van der Waals surface area contributed by atoms with Crippen LogP contribution in [0.3, 0.4) is 0 Å². The minimum Gasteiger partial charge on any atom is -0.396 e. The highest BCUT2D eigenvalue weighted by Crippen LogP contribution is 2.11. The molecule has 0 aliphatic carbocycles. The van der Waals surface area contributed by atoms with E-state index in [4.69, 9.17) is 5.73 Å². The molecular formula is C15H25FN2. The van der Waals surface area contributed by atoms with Crippen LogP contribution >= 0.6 is 0 Å². The monoisotopic (exact) mass is 252 g/mol. The molecule has 0 saturated heterocycles. The Bertz CT molecular complexity index is 339. The van der Waals surface area contributed by atoms with E-state index < -0.39 is 0 Å². The average Bonchev–Trinajstić information content (AvgIpc) is 2.37. The molecule has 0 bridgehead atoms. The minimum atomic E-state index is -0.325. The lowest BCUT2D eigenvalue weighted by Crippen LogP contribution is -2.14. The van der Waals surface area contributed by atoms with E-state index in [0.717, 1.165) is 12.1 Å². The maximum absolute atomic E-state index is 13.2. The van der Waals surface area contributed by atoms with E-state index in [1.807, 2.05) is 6.07 Å². The lowest BCUT2D eigenvalue weighted by molar-refractivity contribution is 0.570. The summed E-state index contributed by atoms with van der Waals surface area (Å²) in [6.45, 7) is 3.94. The van der Waals surface area contributed by atoms with E-state index in [1.165, 1.54) is 44.6 Å². The summed E-state index contributed by atoms with van der Waals surface area (Å²) >= 11 is 0. The van der Waals surface area contributed by atoms with Crippen molar-refractivity contribution in [3.63, 3.8) is 0 Å². The van der Waals surface area contributed by atoms with E-state index in [-0.39, 0.29) is 11.5 Å². The third-order valence-corrected chi connectivity index (χ3v) is 3.10. The van der Waals surface area contributed by atoms with Crippen molar-refractivity contribution in [3.8, 4) is 0 Å². The number of hydrogen-bond donors (Lipinski definition) is 2. The Balaban J connectivity index is 2.05. The zero-order valence-electron chi connectivity index (χ0n) is 11.3. The molecule has 0 saturated carbocycles. The van der Waals surface area contributed by atoms with Gasteiger partial charge in [0.1, 0.15) is 5.82 Å². The highest BCUT2D eigenvalue weighted by Gasteiger charge is 1.99. The number of nitrogens with two attached hydrogens (primary N) is 1.